The molecule has 0 aliphatic heterocycles. The molecule has 0 bridgehead atoms. The Labute approximate surface area is 122 Å². The lowest BCUT2D eigenvalue weighted by molar-refractivity contribution is -0.141. The molecule has 1 amide bonds. The third-order valence-electron chi connectivity index (χ3n) is 3.15. The second kappa shape index (κ2) is 6.69. The third-order valence-corrected chi connectivity index (χ3v) is 3.15. The fourth-order valence-corrected chi connectivity index (χ4v) is 1.99. The smallest absolute Gasteiger partial charge is 0.325 e. The van der Waals surface area contributed by atoms with Gasteiger partial charge >= 0.3 is 5.97 Å². The molecule has 0 aliphatic carbocycles. The summed E-state index contributed by atoms with van der Waals surface area (Å²) in [5.41, 5.74) is 1.95. The van der Waals surface area contributed by atoms with Crippen molar-refractivity contribution in [2.75, 3.05) is 20.2 Å². The zero-order chi connectivity index (χ0) is 15.2. The predicted molar refractivity (Wildman–Crippen MR) is 77.6 cm³/mol. The van der Waals surface area contributed by atoms with Gasteiger partial charge in [-0.3, -0.25) is 14.7 Å². The lowest BCUT2D eigenvalue weighted by Gasteiger charge is -2.19. The van der Waals surface area contributed by atoms with Gasteiger partial charge in [0.25, 0.3) is 5.91 Å². The Morgan fingerprint density at radius 3 is 2.62 bits per heavy atom. The molecule has 21 heavy (non-hydrogen) atoms. The number of H-pyrrole nitrogens is 1. The van der Waals surface area contributed by atoms with Crippen molar-refractivity contribution in [1.29, 1.82) is 0 Å². The normalized spacial score (nSPS) is 10.2. The molecule has 0 fully saturated rings. The van der Waals surface area contributed by atoms with Crippen LogP contribution in [0.4, 0.5) is 0 Å². The maximum absolute atomic E-state index is 12.5. The molecule has 0 atom stereocenters. The summed E-state index contributed by atoms with van der Waals surface area (Å²) in [5, 5.41) is 6.78. The van der Waals surface area contributed by atoms with Gasteiger partial charge in [-0.25, -0.2) is 0 Å². The predicted octanol–water partition coefficient (Wildman–Crippen LogP) is 1.71. The molecule has 0 saturated heterocycles. The number of carbonyl (C=O) groups excluding carboxylic acids is 2. The summed E-state index contributed by atoms with van der Waals surface area (Å²) < 4.78 is 4.61. The van der Waals surface area contributed by atoms with E-state index in [4.69, 9.17) is 0 Å². The Hall–Kier alpha value is -2.63. The molecule has 1 heterocycles. The lowest BCUT2D eigenvalue weighted by atomic mass is 10.1. The number of methoxy groups -OCH3 is 1. The van der Waals surface area contributed by atoms with Crippen molar-refractivity contribution in [3.05, 3.63) is 42.1 Å². The van der Waals surface area contributed by atoms with Crippen molar-refractivity contribution in [3.63, 3.8) is 0 Å². The Balaban J connectivity index is 2.28. The summed E-state index contributed by atoms with van der Waals surface area (Å²) in [6.07, 6.45) is 1.48. The van der Waals surface area contributed by atoms with Crippen LogP contribution in [0.15, 0.2) is 36.5 Å². The van der Waals surface area contributed by atoms with E-state index in [1.165, 1.54) is 18.2 Å². The summed E-state index contributed by atoms with van der Waals surface area (Å²) in [6.45, 7) is 2.14. The summed E-state index contributed by atoms with van der Waals surface area (Å²) in [6, 6.07) is 9.45. The van der Waals surface area contributed by atoms with Crippen LogP contribution in [0.25, 0.3) is 11.3 Å². The number of carbonyl (C=O) groups is 2. The minimum atomic E-state index is -0.449. The molecule has 110 valence electrons. The quantitative estimate of drug-likeness (QED) is 0.849. The number of benzene rings is 1. The number of nitrogens with one attached hydrogen (secondary N) is 1. The van der Waals surface area contributed by atoms with Crippen molar-refractivity contribution in [1.82, 2.24) is 15.1 Å². The number of likely N-dealkylation sites (N-methyl/N-ethyl adjacent to an activating group) is 1. The van der Waals surface area contributed by atoms with Crippen molar-refractivity contribution < 1.29 is 14.3 Å². The van der Waals surface area contributed by atoms with Crippen molar-refractivity contribution >= 4 is 11.9 Å². The number of ether oxygens (including phenoxy) is 1. The van der Waals surface area contributed by atoms with E-state index in [0.29, 0.717) is 17.8 Å². The van der Waals surface area contributed by atoms with Gasteiger partial charge in [0.05, 0.1) is 24.6 Å². The van der Waals surface area contributed by atoms with Crippen molar-refractivity contribution in [2.45, 2.75) is 6.92 Å². The lowest BCUT2D eigenvalue weighted by Crippen LogP contribution is -2.36. The first-order valence-electron chi connectivity index (χ1n) is 6.62. The van der Waals surface area contributed by atoms with E-state index < -0.39 is 5.97 Å². The summed E-state index contributed by atoms with van der Waals surface area (Å²) in [7, 11) is 1.30. The zero-order valence-corrected chi connectivity index (χ0v) is 12.0. The molecular formula is C15H17N3O3. The van der Waals surface area contributed by atoms with Crippen LogP contribution >= 0.6 is 0 Å². The molecule has 0 aliphatic rings. The monoisotopic (exact) mass is 287 g/mol. The van der Waals surface area contributed by atoms with Gasteiger partial charge in [0.2, 0.25) is 0 Å². The first kappa shape index (κ1) is 14.8. The number of hydrogen-bond donors (Lipinski definition) is 1. The fourth-order valence-electron chi connectivity index (χ4n) is 1.99. The second-order valence-corrected chi connectivity index (χ2v) is 4.42. The molecular weight excluding hydrogens is 270 g/mol. The number of aromatic amines is 1. The maximum Gasteiger partial charge on any atom is 0.325 e. The maximum atomic E-state index is 12.5. The standard InChI is InChI=1S/C15H17N3O3/c1-3-18(10-13(19)21-2)15(20)12-9-16-17-14(12)11-7-5-4-6-8-11/h4-9H,3,10H2,1-2H3,(H,16,17). The molecule has 1 aromatic carbocycles. The van der Waals surface area contributed by atoms with E-state index in [1.54, 1.807) is 0 Å². The Kier molecular flexibility index (Phi) is 4.71. The number of hydrogen-bond acceptors (Lipinski definition) is 4. The average molecular weight is 287 g/mol. The van der Waals surface area contributed by atoms with E-state index in [0.717, 1.165) is 5.56 Å². The van der Waals surface area contributed by atoms with Crippen molar-refractivity contribution in [3.8, 4) is 11.3 Å². The van der Waals surface area contributed by atoms with Crippen LogP contribution in [0.1, 0.15) is 17.3 Å². The largest absolute Gasteiger partial charge is 0.468 e. The van der Waals surface area contributed by atoms with E-state index in [-0.39, 0.29) is 12.5 Å². The number of nitrogens with zero attached hydrogens (tertiary/aromatic N) is 2. The minimum Gasteiger partial charge on any atom is -0.468 e. The van der Waals surface area contributed by atoms with Gasteiger partial charge < -0.3 is 9.64 Å². The van der Waals surface area contributed by atoms with E-state index >= 15 is 0 Å². The van der Waals surface area contributed by atoms with Crippen LogP contribution in [0.5, 0.6) is 0 Å². The number of esters is 1. The van der Waals surface area contributed by atoms with E-state index in [9.17, 15) is 9.59 Å². The highest BCUT2D eigenvalue weighted by atomic mass is 16.5. The van der Waals surface area contributed by atoms with Crippen LogP contribution in [0, 0.1) is 0 Å². The molecule has 0 unspecified atom stereocenters. The van der Waals surface area contributed by atoms with Crippen LogP contribution in [-0.4, -0.2) is 47.2 Å². The van der Waals surface area contributed by atoms with Gasteiger partial charge in [0.15, 0.2) is 0 Å². The van der Waals surface area contributed by atoms with Crippen LogP contribution in [0.3, 0.4) is 0 Å². The number of amides is 1. The topological polar surface area (TPSA) is 75.3 Å². The van der Waals surface area contributed by atoms with Crippen LogP contribution < -0.4 is 0 Å². The molecule has 1 N–H and O–H groups in total. The molecule has 6 nitrogen and oxygen atoms in total. The Morgan fingerprint density at radius 2 is 2.00 bits per heavy atom. The fraction of sp³-hybridized carbons (Fsp3) is 0.267. The molecule has 0 spiro atoms. The molecule has 0 radical (unpaired) electrons. The number of aromatic nitrogens is 2. The SMILES string of the molecule is CCN(CC(=O)OC)C(=O)c1cn[nH]c1-c1ccccc1. The molecule has 2 rings (SSSR count). The highest BCUT2D eigenvalue weighted by Gasteiger charge is 2.22. The third kappa shape index (κ3) is 3.28. The molecule has 2 aromatic rings. The first-order valence-corrected chi connectivity index (χ1v) is 6.62. The van der Waals surface area contributed by atoms with Crippen LogP contribution in [-0.2, 0) is 9.53 Å². The van der Waals surface area contributed by atoms with E-state index in [2.05, 4.69) is 14.9 Å². The van der Waals surface area contributed by atoms with Crippen LogP contribution in [0.2, 0.25) is 0 Å². The first-order chi connectivity index (χ1) is 10.2. The number of rotatable bonds is 5. The Morgan fingerprint density at radius 1 is 1.29 bits per heavy atom. The highest BCUT2D eigenvalue weighted by Crippen LogP contribution is 2.21. The van der Waals surface area contributed by atoms with Gasteiger partial charge in [-0.1, -0.05) is 30.3 Å². The van der Waals surface area contributed by atoms with Gasteiger partial charge in [-0.15, -0.1) is 0 Å². The molecule has 6 heteroatoms. The molecule has 0 saturated carbocycles. The average Bonchev–Trinajstić information content (AvgIpc) is 3.02. The van der Waals surface area contributed by atoms with Gasteiger partial charge in [0, 0.05) is 12.1 Å². The van der Waals surface area contributed by atoms with Gasteiger partial charge in [-0.2, -0.15) is 5.10 Å². The van der Waals surface area contributed by atoms with Gasteiger partial charge in [-0.05, 0) is 6.92 Å². The molecule has 1 aromatic heterocycles. The second-order valence-electron chi connectivity index (χ2n) is 4.42. The van der Waals surface area contributed by atoms with E-state index in [1.807, 2.05) is 37.3 Å². The zero-order valence-electron chi connectivity index (χ0n) is 12.0. The van der Waals surface area contributed by atoms with Gasteiger partial charge in [0.1, 0.15) is 6.54 Å². The highest BCUT2D eigenvalue weighted by molar-refractivity contribution is 6.00. The summed E-state index contributed by atoms with van der Waals surface area (Å²) in [5.74, 6) is -0.703. The summed E-state index contributed by atoms with van der Waals surface area (Å²) >= 11 is 0. The van der Waals surface area contributed by atoms with Crippen molar-refractivity contribution in [2.24, 2.45) is 0 Å². The minimum absolute atomic E-state index is 0.0781. The Bertz CT molecular complexity index is 622. The summed E-state index contributed by atoms with van der Waals surface area (Å²) in [4.78, 5) is 25.3.